The average Bonchev–Trinajstić information content (AvgIpc) is 2.62. The van der Waals surface area contributed by atoms with Gasteiger partial charge in [0, 0.05) is 6.42 Å². The molecule has 0 saturated heterocycles. The summed E-state index contributed by atoms with van der Waals surface area (Å²) in [4.78, 5) is 27.1. The fourth-order valence-electron chi connectivity index (χ4n) is 1.97. The molecule has 100 valence electrons. The number of rotatable bonds is 5. The molecule has 1 heterocycles. The van der Waals surface area contributed by atoms with Crippen molar-refractivity contribution in [1.29, 1.82) is 0 Å². The second-order valence-corrected chi connectivity index (χ2v) is 4.10. The molecule has 0 saturated carbocycles. The summed E-state index contributed by atoms with van der Waals surface area (Å²) in [6, 6.07) is -0.0749. The first kappa shape index (κ1) is 14.4. The lowest BCUT2D eigenvalue weighted by atomic mass is 9.99. The van der Waals surface area contributed by atoms with E-state index in [2.05, 4.69) is 9.73 Å². The molecule has 0 aromatic carbocycles. The van der Waals surface area contributed by atoms with E-state index in [1.54, 1.807) is 6.92 Å². The van der Waals surface area contributed by atoms with Gasteiger partial charge in [0.25, 0.3) is 0 Å². The predicted molar refractivity (Wildman–Crippen MR) is 67.5 cm³/mol. The number of methoxy groups -OCH3 is 1. The standard InChI is InChI=1S/C13H19NO4/c1-5-18-13(16)12-8(2)10(9(3)14-12)6-7-11(15)17-4/h9H,5-7H2,1-4H3/t9-/m1/s1. The highest BCUT2D eigenvalue weighted by molar-refractivity contribution is 6.44. The van der Waals surface area contributed by atoms with Crippen molar-refractivity contribution in [2.45, 2.75) is 39.7 Å². The van der Waals surface area contributed by atoms with Gasteiger partial charge in [0.1, 0.15) is 5.71 Å². The SMILES string of the molecule is CCOC(=O)C1=N[C@H](C)C(CCC(=O)OC)=C1C. The van der Waals surface area contributed by atoms with Gasteiger partial charge in [-0.2, -0.15) is 0 Å². The van der Waals surface area contributed by atoms with Gasteiger partial charge < -0.3 is 9.47 Å². The first-order valence-corrected chi connectivity index (χ1v) is 6.03. The van der Waals surface area contributed by atoms with Crippen LogP contribution >= 0.6 is 0 Å². The van der Waals surface area contributed by atoms with Crippen LogP contribution in [0, 0.1) is 0 Å². The number of aliphatic imine (C=N–C) groups is 1. The quantitative estimate of drug-likeness (QED) is 0.699. The van der Waals surface area contributed by atoms with Crippen molar-refractivity contribution in [1.82, 2.24) is 0 Å². The van der Waals surface area contributed by atoms with Gasteiger partial charge in [0.15, 0.2) is 0 Å². The Morgan fingerprint density at radius 1 is 1.39 bits per heavy atom. The van der Waals surface area contributed by atoms with Crippen molar-refractivity contribution in [2.24, 2.45) is 4.99 Å². The van der Waals surface area contributed by atoms with Crippen LogP contribution in [0.3, 0.4) is 0 Å². The van der Waals surface area contributed by atoms with Crippen LogP contribution in [-0.2, 0) is 19.1 Å². The lowest BCUT2D eigenvalue weighted by Crippen LogP contribution is -2.17. The number of hydrogen-bond acceptors (Lipinski definition) is 5. The molecule has 1 rings (SSSR count). The van der Waals surface area contributed by atoms with Gasteiger partial charge in [-0.15, -0.1) is 0 Å². The summed E-state index contributed by atoms with van der Waals surface area (Å²) in [5.41, 5.74) is 2.21. The largest absolute Gasteiger partial charge is 0.469 e. The molecule has 1 aliphatic rings. The molecule has 0 bridgehead atoms. The third kappa shape index (κ3) is 3.18. The number of ether oxygens (including phenoxy) is 2. The summed E-state index contributed by atoms with van der Waals surface area (Å²) in [5, 5.41) is 0. The predicted octanol–water partition coefficient (Wildman–Crippen LogP) is 1.66. The Balaban J connectivity index is 2.75. The molecule has 5 nitrogen and oxygen atoms in total. The van der Waals surface area contributed by atoms with Crippen LogP contribution in [0.15, 0.2) is 16.1 Å². The van der Waals surface area contributed by atoms with Crippen molar-refractivity contribution < 1.29 is 19.1 Å². The van der Waals surface area contributed by atoms with Crippen LogP contribution in [0.5, 0.6) is 0 Å². The first-order chi connectivity index (χ1) is 8.51. The number of hydrogen-bond donors (Lipinski definition) is 0. The molecule has 0 amide bonds. The molecule has 1 aliphatic heterocycles. The fraction of sp³-hybridized carbons (Fsp3) is 0.615. The molecule has 0 aromatic rings. The van der Waals surface area contributed by atoms with Crippen LogP contribution in [0.1, 0.15) is 33.6 Å². The van der Waals surface area contributed by atoms with Gasteiger partial charge in [-0.1, -0.05) is 0 Å². The molecular formula is C13H19NO4. The fourth-order valence-corrected chi connectivity index (χ4v) is 1.97. The molecule has 0 spiro atoms. The van der Waals surface area contributed by atoms with E-state index < -0.39 is 5.97 Å². The van der Waals surface area contributed by atoms with Crippen molar-refractivity contribution in [2.75, 3.05) is 13.7 Å². The number of nitrogens with zero attached hydrogens (tertiary/aromatic N) is 1. The van der Waals surface area contributed by atoms with Crippen LogP contribution in [0.25, 0.3) is 0 Å². The second kappa shape index (κ2) is 6.33. The van der Waals surface area contributed by atoms with Gasteiger partial charge in [-0.3, -0.25) is 9.79 Å². The van der Waals surface area contributed by atoms with Crippen LogP contribution < -0.4 is 0 Å². The monoisotopic (exact) mass is 253 g/mol. The van der Waals surface area contributed by atoms with Crippen LogP contribution in [0.4, 0.5) is 0 Å². The molecule has 1 atom stereocenters. The topological polar surface area (TPSA) is 65.0 Å². The summed E-state index contributed by atoms with van der Waals surface area (Å²) in [6.07, 6.45) is 0.866. The number of esters is 2. The van der Waals surface area contributed by atoms with Crippen molar-refractivity contribution >= 4 is 17.7 Å². The maximum atomic E-state index is 11.7. The third-order valence-corrected chi connectivity index (χ3v) is 2.96. The minimum atomic E-state index is -0.394. The lowest BCUT2D eigenvalue weighted by Gasteiger charge is -2.07. The van der Waals surface area contributed by atoms with E-state index in [-0.39, 0.29) is 12.0 Å². The Morgan fingerprint density at radius 3 is 2.61 bits per heavy atom. The normalized spacial score (nSPS) is 18.7. The van der Waals surface area contributed by atoms with E-state index in [9.17, 15) is 9.59 Å². The molecule has 0 N–H and O–H groups in total. The Morgan fingerprint density at radius 2 is 2.06 bits per heavy atom. The zero-order chi connectivity index (χ0) is 13.7. The van der Waals surface area contributed by atoms with E-state index in [0.717, 1.165) is 11.1 Å². The summed E-state index contributed by atoms with van der Waals surface area (Å²) in [7, 11) is 1.36. The second-order valence-electron chi connectivity index (χ2n) is 4.10. The summed E-state index contributed by atoms with van der Waals surface area (Å²) in [5.74, 6) is -0.651. The number of carbonyl (C=O) groups is 2. The van der Waals surface area contributed by atoms with E-state index in [4.69, 9.17) is 4.74 Å². The summed E-state index contributed by atoms with van der Waals surface area (Å²) in [6.45, 7) is 5.83. The Hall–Kier alpha value is -1.65. The molecule has 0 aliphatic carbocycles. The molecule has 0 fully saturated rings. The van der Waals surface area contributed by atoms with Gasteiger partial charge in [0.05, 0.1) is 19.8 Å². The van der Waals surface area contributed by atoms with Crippen molar-refractivity contribution in [3.8, 4) is 0 Å². The zero-order valence-electron chi connectivity index (χ0n) is 11.3. The van der Waals surface area contributed by atoms with Gasteiger partial charge >= 0.3 is 11.9 Å². The minimum Gasteiger partial charge on any atom is -0.469 e. The van der Waals surface area contributed by atoms with Crippen LogP contribution in [0.2, 0.25) is 0 Å². The highest BCUT2D eigenvalue weighted by Crippen LogP contribution is 2.26. The lowest BCUT2D eigenvalue weighted by molar-refractivity contribution is -0.140. The highest BCUT2D eigenvalue weighted by Gasteiger charge is 2.27. The van der Waals surface area contributed by atoms with E-state index in [1.807, 2.05) is 13.8 Å². The van der Waals surface area contributed by atoms with Crippen molar-refractivity contribution in [3.05, 3.63) is 11.1 Å². The summed E-state index contributed by atoms with van der Waals surface area (Å²) >= 11 is 0. The molecule has 0 unspecified atom stereocenters. The Bertz CT molecular complexity index is 409. The maximum Gasteiger partial charge on any atom is 0.356 e. The number of carbonyl (C=O) groups excluding carboxylic acids is 2. The first-order valence-electron chi connectivity index (χ1n) is 6.03. The highest BCUT2D eigenvalue weighted by atomic mass is 16.5. The average molecular weight is 253 g/mol. The molecular weight excluding hydrogens is 234 g/mol. The summed E-state index contributed by atoms with van der Waals surface area (Å²) < 4.78 is 9.55. The molecule has 5 heteroatoms. The van der Waals surface area contributed by atoms with E-state index in [1.165, 1.54) is 7.11 Å². The van der Waals surface area contributed by atoms with Crippen LogP contribution in [-0.4, -0.2) is 37.4 Å². The minimum absolute atomic E-state index is 0.0749. The van der Waals surface area contributed by atoms with Gasteiger partial charge in [-0.05, 0) is 38.3 Å². The Kier molecular flexibility index (Phi) is 5.07. The van der Waals surface area contributed by atoms with Crippen molar-refractivity contribution in [3.63, 3.8) is 0 Å². The molecule has 0 radical (unpaired) electrons. The Labute approximate surface area is 107 Å². The van der Waals surface area contributed by atoms with Gasteiger partial charge in [-0.25, -0.2) is 4.79 Å². The maximum absolute atomic E-state index is 11.7. The smallest absolute Gasteiger partial charge is 0.356 e. The third-order valence-electron chi connectivity index (χ3n) is 2.96. The van der Waals surface area contributed by atoms with Gasteiger partial charge in [0.2, 0.25) is 0 Å². The molecule has 18 heavy (non-hydrogen) atoms. The molecule has 0 aromatic heterocycles. The van der Waals surface area contributed by atoms with E-state index in [0.29, 0.717) is 25.2 Å². The van der Waals surface area contributed by atoms with E-state index >= 15 is 0 Å². The zero-order valence-corrected chi connectivity index (χ0v) is 11.3.